The third-order valence-corrected chi connectivity index (χ3v) is 3.11. The number of para-hydroxylation sites is 1. The van der Waals surface area contributed by atoms with E-state index in [4.69, 9.17) is 0 Å². The van der Waals surface area contributed by atoms with E-state index in [1.165, 1.54) is 5.57 Å². The summed E-state index contributed by atoms with van der Waals surface area (Å²) in [5, 5.41) is 13.4. The van der Waals surface area contributed by atoms with E-state index in [0.29, 0.717) is 0 Å². The summed E-state index contributed by atoms with van der Waals surface area (Å²) in [6.07, 6.45) is 2.08. The fourth-order valence-corrected chi connectivity index (χ4v) is 2.15. The quantitative estimate of drug-likeness (QED) is 0.479. The fourth-order valence-electron chi connectivity index (χ4n) is 2.15. The molecular formula is C14H18NO. The van der Waals surface area contributed by atoms with Gasteiger partial charge in [-0.05, 0) is 24.6 Å². The molecule has 0 amide bonds. The zero-order chi connectivity index (χ0) is 11.9. The minimum atomic E-state index is -0.0811. The van der Waals surface area contributed by atoms with E-state index in [1.54, 1.807) is 0 Å². The molecule has 0 aliphatic carbocycles. The Kier molecular flexibility index (Phi) is 2.64. The van der Waals surface area contributed by atoms with Crippen molar-refractivity contribution in [3.05, 3.63) is 41.1 Å². The Labute approximate surface area is 97.2 Å². The number of hydrogen-bond donors (Lipinski definition) is 0. The molecule has 0 bridgehead atoms. The highest BCUT2D eigenvalue weighted by Gasteiger charge is 2.37. The van der Waals surface area contributed by atoms with Gasteiger partial charge in [0.1, 0.15) is 0 Å². The molecule has 1 heterocycles. The van der Waals surface area contributed by atoms with E-state index in [-0.39, 0.29) is 11.5 Å². The molecule has 0 fully saturated rings. The maximum absolute atomic E-state index is 12.3. The van der Waals surface area contributed by atoms with Crippen LogP contribution in [0.1, 0.15) is 33.3 Å². The minimum absolute atomic E-state index is 0.0451. The highest BCUT2D eigenvalue weighted by atomic mass is 16.5. The second-order valence-electron chi connectivity index (χ2n) is 5.50. The van der Waals surface area contributed by atoms with Crippen molar-refractivity contribution >= 4 is 11.3 Å². The molecule has 1 aromatic rings. The third-order valence-electron chi connectivity index (χ3n) is 3.11. The number of hydroxylamine groups is 1. The molecule has 2 rings (SSSR count). The van der Waals surface area contributed by atoms with E-state index in [9.17, 15) is 5.21 Å². The van der Waals surface area contributed by atoms with Gasteiger partial charge in [0.25, 0.3) is 0 Å². The average molecular weight is 216 g/mol. The van der Waals surface area contributed by atoms with Crippen molar-refractivity contribution in [2.75, 3.05) is 0 Å². The lowest BCUT2D eigenvalue weighted by Crippen LogP contribution is -2.42. The highest BCUT2D eigenvalue weighted by molar-refractivity contribution is 5.77. The third kappa shape index (κ3) is 1.79. The van der Waals surface area contributed by atoms with Crippen LogP contribution in [0.25, 0.3) is 5.57 Å². The highest BCUT2D eigenvalue weighted by Crippen LogP contribution is 2.38. The smallest absolute Gasteiger partial charge is 0.189 e. The van der Waals surface area contributed by atoms with Crippen LogP contribution in [-0.2, 0) is 0 Å². The molecule has 1 atom stereocenters. The van der Waals surface area contributed by atoms with Gasteiger partial charge in [0.2, 0.25) is 0 Å². The van der Waals surface area contributed by atoms with Gasteiger partial charge in [0.05, 0.1) is 0 Å². The molecule has 0 saturated carbocycles. The Balaban J connectivity index is 2.51. The zero-order valence-electron chi connectivity index (χ0n) is 10.3. The van der Waals surface area contributed by atoms with Crippen LogP contribution in [0.3, 0.4) is 0 Å². The van der Waals surface area contributed by atoms with Crippen molar-refractivity contribution in [1.82, 2.24) is 5.06 Å². The van der Waals surface area contributed by atoms with Gasteiger partial charge in [-0.2, -0.15) is 5.06 Å². The number of rotatable bonds is 0. The molecule has 0 saturated heterocycles. The Bertz CT molecular complexity index is 429. The van der Waals surface area contributed by atoms with Gasteiger partial charge in [-0.15, -0.1) is 0 Å². The molecule has 2 heteroatoms. The Hall–Kier alpha value is -1.12. The normalized spacial score (nSPS) is 21.6. The number of benzene rings is 1. The summed E-state index contributed by atoms with van der Waals surface area (Å²) < 4.78 is 0. The van der Waals surface area contributed by atoms with Crippen LogP contribution in [0, 0.1) is 10.6 Å². The average Bonchev–Trinajstić information content (AvgIpc) is 2.22. The second kappa shape index (κ2) is 3.72. The molecular weight excluding hydrogens is 198 g/mol. The van der Waals surface area contributed by atoms with Crippen molar-refractivity contribution in [3.63, 3.8) is 0 Å². The molecule has 1 aliphatic rings. The molecule has 0 spiro atoms. The topological polar surface area (TPSA) is 29.0 Å². The first-order chi connectivity index (χ1) is 7.41. The summed E-state index contributed by atoms with van der Waals surface area (Å²) in [5.41, 5.74) is 3.00. The summed E-state index contributed by atoms with van der Waals surface area (Å²) in [4.78, 5) is 0. The standard InChI is InChI=1S/C14H18NO/c1-10-9-13(14(2,3)4)15(16)12-8-6-5-7-11(10)12/h5-9,13H,1-4H3. The number of anilines is 1. The van der Waals surface area contributed by atoms with Crippen LogP contribution in [-0.4, -0.2) is 6.04 Å². The van der Waals surface area contributed by atoms with E-state index in [0.717, 1.165) is 16.3 Å². The van der Waals surface area contributed by atoms with Crippen LogP contribution in [0.15, 0.2) is 30.3 Å². The Morgan fingerprint density at radius 2 is 1.81 bits per heavy atom. The predicted octanol–water partition coefficient (Wildman–Crippen LogP) is 3.79. The lowest BCUT2D eigenvalue weighted by Gasteiger charge is -2.35. The molecule has 1 radical (unpaired) electrons. The molecule has 16 heavy (non-hydrogen) atoms. The number of nitrogens with zero attached hydrogens (tertiary/aromatic N) is 1. The van der Waals surface area contributed by atoms with Gasteiger partial charge in [-0.3, -0.25) is 0 Å². The van der Waals surface area contributed by atoms with E-state index in [2.05, 4.69) is 33.8 Å². The number of allylic oxidation sites excluding steroid dienone is 1. The molecule has 1 aromatic carbocycles. The second-order valence-corrected chi connectivity index (χ2v) is 5.50. The molecule has 0 aromatic heterocycles. The van der Waals surface area contributed by atoms with E-state index in [1.807, 2.05) is 24.3 Å². The maximum atomic E-state index is 12.3. The van der Waals surface area contributed by atoms with E-state index < -0.39 is 0 Å². The first kappa shape index (κ1) is 11.4. The van der Waals surface area contributed by atoms with Crippen LogP contribution in [0.5, 0.6) is 0 Å². The lowest BCUT2D eigenvalue weighted by molar-refractivity contribution is 0.294. The summed E-state index contributed by atoms with van der Waals surface area (Å²) >= 11 is 0. The molecule has 2 nitrogen and oxygen atoms in total. The largest absolute Gasteiger partial charge is 0.576 e. The number of fused-ring (bicyclic) bond motifs is 1. The van der Waals surface area contributed by atoms with Gasteiger partial charge < -0.3 is 5.21 Å². The predicted molar refractivity (Wildman–Crippen MR) is 68.5 cm³/mol. The first-order valence-corrected chi connectivity index (χ1v) is 5.65. The van der Waals surface area contributed by atoms with Gasteiger partial charge >= 0.3 is 0 Å². The van der Waals surface area contributed by atoms with Gasteiger partial charge in [-0.1, -0.05) is 32.9 Å². The first-order valence-electron chi connectivity index (χ1n) is 5.65. The van der Waals surface area contributed by atoms with Crippen LogP contribution in [0.4, 0.5) is 5.69 Å². The fraction of sp³-hybridized carbons (Fsp3) is 0.429. The molecule has 1 unspecified atom stereocenters. The lowest BCUT2D eigenvalue weighted by atomic mass is 9.82. The summed E-state index contributed by atoms with van der Waals surface area (Å²) in [6.45, 7) is 8.37. The monoisotopic (exact) mass is 216 g/mol. The van der Waals surface area contributed by atoms with Crippen LogP contribution < -0.4 is 5.06 Å². The van der Waals surface area contributed by atoms with Crippen molar-refractivity contribution < 1.29 is 0 Å². The van der Waals surface area contributed by atoms with Crippen molar-refractivity contribution in [2.45, 2.75) is 33.7 Å². The molecule has 1 aliphatic heterocycles. The van der Waals surface area contributed by atoms with Crippen LogP contribution in [0.2, 0.25) is 0 Å². The van der Waals surface area contributed by atoms with Gasteiger partial charge in [0, 0.05) is 17.0 Å². The summed E-state index contributed by atoms with van der Waals surface area (Å²) in [6, 6.07) is 7.72. The maximum Gasteiger partial charge on any atom is 0.189 e. The minimum Gasteiger partial charge on any atom is -0.576 e. The van der Waals surface area contributed by atoms with Gasteiger partial charge in [-0.25, -0.2) is 0 Å². The molecule has 0 N–H and O–H groups in total. The molecule has 85 valence electrons. The summed E-state index contributed by atoms with van der Waals surface area (Å²) in [7, 11) is 0. The van der Waals surface area contributed by atoms with E-state index >= 15 is 0 Å². The van der Waals surface area contributed by atoms with Crippen molar-refractivity contribution in [3.8, 4) is 0 Å². The van der Waals surface area contributed by atoms with Crippen molar-refractivity contribution in [2.24, 2.45) is 5.41 Å². The Morgan fingerprint density at radius 1 is 1.19 bits per heavy atom. The van der Waals surface area contributed by atoms with Crippen LogP contribution >= 0.6 is 0 Å². The van der Waals surface area contributed by atoms with Crippen molar-refractivity contribution in [1.29, 1.82) is 0 Å². The zero-order valence-corrected chi connectivity index (χ0v) is 10.3. The number of hydrogen-bond acceptors (Lipinski definition) is 2. The summed E-state index contributed by atoms with van der Waals surface area (Å²) in [5.74, 6) is 0. The Morgan fingerprint density at radius 3 is 2.44 bits per heavy atom. The van der Waals surface area contributed by atoms with Gasteiger partial charge in [0.15, 0.2) is 11.7 Å². The SMILES string of the molecule is CC1=CC(C(C)(C)C)[N+]([O-])c2ccccc21.